The van der Waals surface area contributed by atoms with Gasteiger partial charge in [0.1, 0.15) is 5.82 Å². The molecular formula is C25H33N5O. The molecule has 0 saturated carbocycles. The second-order valence-electron chi connectivity index (χ2n) is 8.97. The van der Waals surface area contributed by atoms with E-state index in [-0.39, 0.29) is 5.91 Å². The maximum atomic E-state index is 12.1. The van der Waals surface area contributed by atoms with Crippen molar-refractivity contribution in [3.63, 3.8) is 0 Å². The maximum Gasteiger partial charge on any atom is 0.224 e. The maximum absolute atomic E-state index is 12.1. The number of aryl methyl sites for hydroxylation is 1. The van der Waals surface area contributed by atoms with Gasteiger partial charge in [-0.25, -0.2) is 4.98 Å². The molecule has 2 aromatic carbocycles. The van der Waals surface area contributed by atoms with Crippen molar-refractivity contribution in [2.45, 2.75) is 33.4 Å². The summed E-state index contributed by atoms with van der Waals surface area (Å²) in [6, 6.07) is 16.7. The number of hydrogen-bond acceptors (Lipinski definition) is 4. The van der Waals surface area contributed by atoms with E-state index >= 15 is 0 Å². The summed E-state index contributed by atoms with van der Waals surface area (Å²) in [7, 11) is 2.08. The number of nitrogens with one attached hydrogen (secondary N) is 1. The lowest BCUT2D eigenvalue weighted by atomic mass is 10.1. The van der Waals surface area contributed by atoms with Crippen LogP contribution in [0.2, 0.25) is 0 Å². The molecule has 0 bridgehead atoms. The molecule has 1 fully saturated rings. The number of hydrogen-bond donors (Lipinski definition) is 1. The summed E-state index contributed by atoms with van der Waals surface area (Å²) in [5.74, 6) is 1.47. The Morgan fingerprint density at radius 3 is 2.35 bits per heavy atom. The van der Waals surface area contributed by atoms with Gasteiger partial charge in [0.05, 0.1) is 17.6 Å². The van der Waals surface area contributed by atoms with E-state index in [1.54, 1.807) is 0 Å². The van der Waals surface area contributed by atoms with Crippen LogP contribution in [0.3, 0.4) is 0 Å². The van der Waals surface area contributed by atoms with E-state index < -0.39 is 0 Å². The summed E-state index contributed by atoms with van der Waals surface area (Å²) in [5.41, 5.74) is 4.22. The largest absolute Gasteiger partial charge is 0.330 e. The standard InChI is InChI=1S/C25H33N5O/c1-19(2)15-25(31)26-21-9-10-23-22(16-21)27-24(28(23)3)18-30-13-11-29(12-14-30)17-20-7-5-4-6-8-20/h4-10,16,19H,11-15,17-18H2,1-3H3,(H,26,31). The SMILES string of the molecule is CC(C)CC(=O)Nc1ccc2c(c1)nc(CN1CCN(Cc3ccccc3)CC1)n2C. The second kappa shape index (κ2) is 9.62. The monoisotopic (exact) mass is 419 g/mol. The van der Waals surface area contributed by atoms with Crippen LogP contribution in [0, 0.1) is 5.92 Å². The molecule has 1 aliphatic heterocycles. The van der Waals surface area contributed by atoms with E-state index in [0.29, 0.717) is 12.3 Å². The topological polar surface area (TPSA) is 53.4 Å². The molecule has 1 N–H and O–H groups in total. The normalized spacial score (nSPS) is 15.6. The van der Waals surface area contributed by atoms with E-state index in [1.165, 1.54) is 5.56 Å². The predicted molar refractivity (Wildman–Crippen MR) is 126 cm³/mol. The Morgan fingerprint density at radius 1 is 1.00 bits per heavy atom. The van der Waals surface area contributed by atoms with Gasteiger partial charge in [-0.15, -0.1) is 0 Å². The highest BCUT2D eigenvalue weighted by atomic mass is 16.1. The molecule has 1 amide bonds. The van der Waals surface area contributed by atoms with Crippen molar-refractivity contribution in [1.82, 2.24) is 19.4 Å². The van der Waals surface area contributed by atoms with E-state index in [9.17, 15) is 4.79 Å². The number of carbonyl (C=O) groups is 1. The summed E-state index contributed by atoms with van der Waals surface area (Å²) >= 11 is 0. The van der Waals surface area contributed by atoms with Gasteiger partial charge in [-0.05, 0) is 29.7 Å². The zero-order chi connectivity index (χ0) is 21.8. The number of aromatic nitrogens is 2. The molecule has 0 unspecified atom stereocenters. The fraction of sp³-hybridized carbons (Fsp3) is 0.440. The Balaban J connectivity index is 1.36. The van der Waals surface area contributed by atoms with Crippen LogP contribution in [0.1, 0.15) is 31.7 Å². The molecule has 4 rings (SSSR count). The van der Waals surface area contributed by atoms with Crippen LogP contribution in [-0.2, 0) is 24.9 Å². The van der Waals surface area contributed by atoms with Gasteiger partial charge in [0, 0.05) is 51.9 Å². The number of benzene rings is 2. The van der Waals surface area contributed by atoms with E-state index in [1.807, 2.05) is 12.1 Å². The molecule has 0 aliphatic carbocycles. The van der Waals surface area contributed by atoms with E-state index in [4.69, 9.17) is 4.98 Å². The highest BCUT2D eigenvalue weighted by Crippen LogP contribution is 2.21. The van der Waals surface area contributed by atoms with E-state index in [0.717, 1.165) is 61.8 Å². The van der Waals surface area contributed by atoms with Crippen LogP contribution in [0.5, 0.6) is 0 Å². The van der Waals surface area contributed by atoms with Crippen molar-refractivity contribution in [1.29, 1.82) is 0 Å². The molecule has 0 atom stereocenters. The van der Waals surface area contributed by atoms with Crippen molar-refractivity contribution >= 4 is 22.6 Å². The molecular weight excluding hydrogens is 386 g/mol. The summed E-state index contributed by atoms with van der Waals surface area (Å²) < 4.78 is 2.17. The first-order valence-corrected chi connectivity index (χ1v) is 11.2. The Bertz CT molecular complexity index is 1020. The number of anilines is 1. The Labute approximate surface area is 184 Å². The summed E-state index contributed by atoms with van der Waals surface area (Å²) in [5, 5.41) is 3.00. The molecule has 6 nitrogen and oxygen atoms in total. The number of nitrogens with zero attached hydrogens (tertiary/aromatic N) is 4. The van der Waals surface area contributed by atoms with Gasteiger partial charge >= 0.3 is 0 Å². The number of fused-ring (bicyclic) bond motifs is 1. The number of carbonyl (C=O) groups excluding carboxylic acids is 1. The number of rotatable bonds is 7. The van der Waals surface area contributed by atoms with Gasteiger partial charge in [0.15, 0.2) is 0 Å². The molecule has 1 aliphatic rings. The highest BCUT2D eigenvalue weighted by molar-refractivity contribution is 5.93. The molecule has 0 spiro atoms. The third kappa shape index (κ3) is 5.51. The molecule has 31 heavy (non-hydrogen) atoms. The van der Waals surface area contributed by atoms with Crippen molar-refractivity contribution in [3.05, 3.63) is 59.9 Å². The van der Waals surface area contributed by atoms with Gasteiger partial charge < -0.3 is 9.88 Å². The first-order valence-electron chi connectivity index (χ1n) is 11.2. The van der Waals surface area contributed by atoms with Crippen LogP contribution < -0.4 is 5.32 Å². The number of amides is 1. The Hall–Kier alpha value is -2.70. The van der Waals surface area contributed by atoms with Gasteiger partial charge in [-0.2, -0.15) is 0 Å². The Morgan fingerprint density at radius 2 is 1.68 bits per heavy atom. The average molecular weight is 420 g/mol. The van der Waals surface area contributed by atoms with Crippen molar-refractivity contribution in [2.24, 2.45) is 13.0 Å². The fourth-order valence-corrected chi connectivity index (χ4v) is 4.20. The summed E-state index contributed by atoms with van der Waals surface area (Å²) in [6.45, 7) is 10.2. The van der Waals surface area contributed by atoms with Crippen LogP contribution in [-0.4, -0.2) is 51.4 Å². The van der Waals surface area contributed by atoms with Gasteiger partial charge in [0.2, 0.25) is 5.91 Å². The average Bonchev–Trinajstić information content (AvgIpc) is 3.04. The molecule has 6 heteroatoms. The lowest BCUT2D eigenvalue weighted by molar-refractivity contribution is -0.116. The molecule has 1 aromatic heterocycles. The van der Waals surface area contributed by atoms with Gasteiger partial charge in [0.25, 0.3) is 0 Å². The van der Waals surface area contributed by atoms with Crippen LogP contribution in [0.15, 0.2) is 48.5 Å². The van der Waals surface area contributed by atoms with E-state index in [2.05, 4.69) is 77.0 Å². The summed E-state index contributed by atoms with van der Waals surface area (Å²) in [4.78, 5) is 22.0. The molecule has 2 heterocycles. The minimum Gasteiger partial charge on any atom is -0.330 e. The lowest BCUT2D eigenvalue weighted by Crippen LogP contribution is -2.45. The van der Waals surface area contributed by atoms with Crippen molar-refractivity contribution < 1.29 is 4.79 Å². The zero-order valence-corrected chi connectivity index (χ0v) is 18.8. The third-order valence-electron chi connectivity index (χ3n) is 5.93. The highest BCUT2D eigenvalue weighted by Gasteiger charge is 2.19. The number of piperazine rings is 1. The molecule has 164 valence electrons. The lowest BCUT2D eigenvalue weighted by Gasteiger charge is -2.34. The van der Waals surface area contributed by atoms with Crippen molar-refractivity contribution in [2.75, 3.05) is 31.5 Å². The predicted octanol–water partition coefficient (Wildman–Crippen LogP) is 3.88. The smallest absolute Gasteiger partial charge is 0.224 e. The molecule has 0 radical (unpaired) electrons. The first kappa shape index (κ1) is 21.5. The van der Waals surface area contributed by atoms with Crippen molar-refractivity contribution in [3.8, 4) is 0 Å². The third-order valence-corrected chi connectivity index (χ3v) is 5.93. The van der Waals surface area contributed by atoms with Crippen LogP contribution >= 0.6 is 0 Å². The second-order valence-corrected chi connectivity index (χ2v) is 8.97. The van der Waals surface area contributed by atoms with Gasteiger partial charge in [-0.1, -0.05) is 44.2 Å². The quantitative estimate of drug-likeness (QED) is 0.632. The minimum absolute atomic E-state index is 0.0545. The number of imidazole rings is 1. The van der Waals surface area contributed by atoms with Gasteiger partial charge in [-0.3, -0.25) is 14.6 Å². The molecule has 1 saturated heterocycles. The van der Waals surface area contributed by atoms with Crippen LogP contribution in [0.25, 0.3) is 11.0 Å². The summed E-state index contributed by atoms with van der Waals surface area (Å²) in [6.07, 6.45) is 0.530. The Kier molecular flexibility index (Phi) is 6.68. The minimum atomic E-state index is 0.0545. The van der Waals surface area contributed by atoms with Crippen LogP contribution in [0.4, 0.5) is 5.69 Å². The fourth-order valence-electron chi connectivity index (χ4n) is 4.20. The first-order chi connectivity index (χ1) is 15.0. The molecule has 3 aromatic rings. The zero-order valence-electron chi connectivity index (χ0n) is 18.8.